The van der Waals surface area contributed by atoms with Gasteiger partial charge in [-0.3, -0.25) is 4.84 Å². The molecule has 2 rings (SSSR count). The molecule has 3 unspecified atom stereocenters. The highest BCUT2D eigenvalue weighted by Crippen LogP contribution is 2.28. The molecule has 0 aromatic heterocycles. The van der Waals surface area contributed by atoms with Crippen LogP contribution in [0.5, 0.6) is 0 Å². The number of benzene rings is 1. The van der Waals surface area contributed by atoms with Crippen molar-refractivity contribution >= 4 is 6.29 Å². The van der Waals surface area contributed by atoms with Crippen molar-refractivity contribution in [3.63, 3.8) is 0 Å². The molecule has 3 atom stereocenters. The van der Waals surface area contributed by atoms with Crippen molar-refractivity contribution in [2.75, 3.05) is 33.8 Å². The fourth-order valence-electron chi connectivity index (χ4n) is 3.15. The second-order valence-corrected chi connectivity index (χ2v) is 7.07. The SMILES string of the molecule is Cc1c(CNCCN(C)C)cccc1CN1OC(CO)C(C)C1C=O. The highest BCUT2D eigenvalue weighted by Gasteiger charge is 2.40. The molecule has 0 radical (unpaired) electrons. The Bertz CT molecular complexity index is 565. The number of aliphatic hydroxyl groups excluding tert-OH is 1. The number of aliphatic hydroxyl groups is 1. The zero-order valence-electron chi connectivity index (χ0n) is 15.7. The van der Waals surface area contributed by atoms with E-state index in [-0.39, 0.29) is 24.7 Å². The van der Waals surface area contributed by atoms with Crippen LogP contribution in [0, 0.1) is 12.8 Å². The minimum absolute atomic E-state index is 0.0151. The van der Waals surface area contributed by atoms with Crippen LogP contribution in [-0.2, 0) is 22.7 Å². The van der Waals surface area contributed by atoms with Gasteiger partial charge in [-0.05, 0) is 37.7 Å². The molecular weight excluding hydrogens is 318 g/mol. The van der Waals surface area contributed by atoms with E-state index >= 15 is 0 Å². The van der Waals surface area contributed by atoms with Crippen LogP contribution in [0.25, 0.3) is 0 Å². The largest absolute Gasteiger partial charge is 0.394 e. The fraction of sp³-hybridized carbons (Fsp3) is 0.632. The van der Waals surface area contributed by atoms with Gasteiger partial charge in [0.05, 0.1) is 19.2 Å². The second-order valence-electron chi connectivity index (χ2n) is 7.07. The number of nitrogens with zero attached hydrogens (tertiary/aromatic N) is 2. The third-order valence-electron chi connectivity index (χ3n) is 4.98. The van der Waals surface area contributed by atoms with Crippen LogP contribution in [0.15, 0.2) is 18.2 Å². The average Bonchev–Trinajstić information content (AvgIpc) is 2.89. The van der Waals surface area contributed by atoms with Gasteiger partial charge in [-0.2, -0.15) is 5.06 Å². The van der Waals surface area contributed by atoms with Crippen molar-refractivity contribution < 1.29 is 14.7 Å². The Hall–Kier alpha value is -1.31. The van der Waals surface area contributed by atoms with Crippen molar-refractivity contribution in [3.05, 3.63) is 34.9 Å². The Labute approximate surface area is 150 Å². The van der Waals surface area contributed by atoms with E-state index in [4.69, 9.17) is 4.84 Å². The summed E-state index contributed by atoms with van der Waals surface area (Å²) in [6.07, 6.45) is 0.605. The molecule has 2 N–H and O–H groups in total. The van der Waals surface area contributed by atoms with Crippen LogP contribution in [0.4, 0.5) is 0 Å². The Balaban J connectivity index is 2.02. The van der Waals surface area contributed by atoms with Crippen molar-refractivity contribution in [2.24, 2.45) is 5.92 Å². The van der Waals surface area contributed by atoms with Crippen LogP contribution in [0.3, 0.4) is 0 Å². The summed E-state index contributed by atoms with van der Waals surface area (Å²) in [6.45, 7) is 7.28. The van der Waals surface area contributed by atoms with Gasteiger partial charge in [-0.1, -0.05) is 25.1 Å². The molecule has 0 aliphatic carbocycles. The Morgan fingerprint density at radius 3 is 2.72 bits per heavy atom. The Morgan fingerprint density at radius 2 is 2.08 bits per heavy atom. The third-order valence-corrected chi connectivity index (χ3v) is 4.98. The normalized spacial score (nSPS) is 24.2. The quantitative estimate of drug-likeness (QED) is 0.511. The number of hydroxylamine groups is 2. The molecule has 0 amide bonds. The number of nitrogens with one attached hydrogen (secondary N) is 1. The molecule has 140 valence electrons. The first-order valence-corrected chi connectivity index (χ1v) is 8.90. The monoisotopic (exact) mass is 349 g/mol. The lowest BCUT2D eigenvalue weighted by atomic mass is 9.97. The molecule has 1 heterocycles. The first kappa shape index (κ1) is 20.0. The minimum atomic E-state index is -0.321. The minimum Gasteiger partial charge on any atom is -0.394 e. The molecule has 6 nitrogen and oxygen atoms in total. The molecule has 25 heavy (non-hydrogen) atoms. The molecule has 0 bridgehead atoms. The van der Waals surface area contributed by atoms with E-state index in [1.807, 2.05) is 13.0 Å². The summed E-state index contributed by atoms with van der Waals surface area (Å²) < 4.78 is 0. The van der Waals surface area contributed by atoms with E-state index in [1.165, 1.54) is 11.1 Å². The maximum Gasteiger partial charge on any atom is 0.139 e. The molecule has 1 saturated heterocycles. The predicted molar refractivity (Wildman–Crippen MR) is 98.0 cm³/mol. The lowest BCUT2D eigenvalue weighted by Crippen LogP contribution is -2.32. The Morgan fingerprint density at radius 1 is 1.36 bits per heavy atom. The third kappa shape index (κ3) is 5.09. The van der Waals surface area contributed by atoms with Gasteiger partial charge >= 0.3 is 0 Å². The van der Waals surface area contributed by atoms with Gasteiger partial charge in [-0.25, -0.2) is 0 Å². The van der Waals surface area contributed by atoms with Gasteiger partial charge in [0, 0.05) is 25.6 Å². The lowest BCUT2D eigenvalue weighted by molar-refractivity contribution is -0.177. The maximum atomic E-state index is 11.4. The zero-order chi connectivity index (χ0) is 18.4. The van der Waals surface area contributed by atoms with Crippen LogP contribution in [0.2, 0.25) is 0 Å². The summed E-state index contributed by atoms with van der Waals surface area (Å²) in [4.78, 5) is 19.4. The summed E-state index contributed by atoms with van der Waals surface area (Å²) >= 11 is 0. The molecule has 1 fully saturated rings. The van der Waals surface area contributed by atoms with Crippen molar-refractivity contribution in [3.8, 4) is 0 Å². The summed E-state index contributed by atoms with van der Waals surface area (Å²) in [7, 11) is 4.13. The standard InChI is InChI=1S/C19H31N3O3/c1-14-16(10-20-8-9-21(3)4)6-5-7-17(14)11-22-18(12-23)15(2)19(13-24)25-22/h5-7,12,15,18-20,24H,8-11,13H2,1-4H3. The molecule has 0 spiro atoms. The predicted octanol–water partition coefficient (Wildman–Crippen LogP) is 0.958. The van der Waals surface area contributed by atoms with E-state index < -0.39 is 0 Å². The van der Waals surface area contributed by atoms with Gasteiger partial charge in [0.25, 0.3) is 0 Å². The molecule has 0 saturated carbocycles. The summed E-state index contributed by atoms with van der Waals surface area (Å²) in [6, 6.07) is 5.92. The van der Waals surface area contributed by atoms with Crippen LogP contribution in [0.1, 0.15) is 23.6 Å². The number of hydrogen-bond acceptors (Lipinski definition) is 6. The number of hydrogen-bond donors (Lipinski definition) is 2. The number of aldehydes is 1. The van der Waals surface area contributed by atoms with Gasteiger partial charge in [0.15, 0.2) is 0 Å². The van der Waals surface area contributed by atoms with Crippen LogP contribution < -0.4 is 5.32 Å². The number of likely N-dealkylation sites (N-methyl/N-ethyl adjacent to an activating group) is 1. The molecule has 1 aliphatic rings. The van der Waals surface area contributed by atoms with Crippen molar-refractivity contribution in [1.82, 2.24) is 15.3 Å². The lowest BCUT2D eigenvalue weighted by Gasteiger charge is -2.21. The molecule has 1 aliphatic heterocycles. The second kappa shape index (κ2) is 9.40. The maximum absolute atomic E-state index is 11.4. The van der Waals surface area contributed by atoms with E-state index in [1.54, 1.807) is 5.06 Å². The topological polar surface area (TPSA) is 65.0 Å². The van der Waals surface area contributed by atoms with E-state index in [0.29, 0.717) is 6.54 Å². The number of carbonyl (C=O) groups excluding carboxylic acids is 1. The van der Waals surface area contributed by atoms with Gasteiger partial charge in [0.2, 0.25) is 0 Å². The average molecular weight is 349 g/mol. The van der Waals surface area contributed by atoms with E-state index in [2.05, 4.69) is 43.4 Å². The highest BCUT2D eigenvalue weighted by molar-refractivity contribution is 5.58. The summed E-state index contributed by atoms with van der Waals surface area (Å²) in [5.74, 6) is -0.0151. The van der Waals surface area contributed by atoms with Crippen LogP contribution in [-0.4, -0.2) is 67.3 Å². The van der Waals surface area contributed by atoms with Gasteiger partial charge in [-0.15, -0.1) is 0 Å². The van der Waals surface area contributed by atoms with Crippen molar-refractivity contribution in [2.45, 2.75) is 39.1 Å². The summed E-state index contributed by atoms with van der Waals surface area (Å²) in [5.41, 5.74) is 3.61. The number of carbonyl (C=O) groups is 1. The number of rotatable bonds is 9. The molecule has 1 aromatic carbocycles. The molecule has 1 aromatic rings. The fourth-order valence-corrected chi connectivity index (χ4v) is 3.15. The first-order valence-electron chi connectivity index (χ1n) is 8.90. The first-order chi connectivity index (χ1) is 12.0. The van der Waals surface area contributed by atoms with Gasteiger partial charge < -0.3 is 20.1 Å². The molecular formula is C19H31N3O3. The van der Waals surface area contributed by atoms with Crippen molar-refractivity contribution in [1.29, 1.82) is 0 Å². The Kier molecular flexibility index (Phi) is 7.53. The summed E-state index contributed by atoms with van der Waals surface area (Å²) in [5, 5.41) is 14.6. The van der Waals surface area contributed by atoms with E-state index in [0.717, 1.165) is 31.5 Å². The smallest absolute Gasteiger partial charge is 0.139 e. The van der Waals surface area contributed by atoms with Crippen LogP contribution >= 0.6 is 0 Å². The zero-order valence-corrected chi connectivity index (χ0v) is 15.7. The van der Waals surface area contributed by atoms with Gasteiger partial charge in [0.1, 0.15) is 12.4 Å². The van der Waals surface area contributed by atoms with E-state index in [9.17, 15) is 9.90 Å². The molecule has 6 heteroatoms. The highest BCUT2D eigenvalue weighted by atomic mass is 16.7.